The molecule has 1 saturated heterocycles. The molecule has 0 radical (unpaired) electrons. The summed E-state index contributed by atoms with van der Waals surface area (Å²) in [6.45, 7) is 14.0. The Kier molecular flexibility index (Phi) is 8.24. The predicted octanol–water partition coefficient (Wildman–Crippen LogP) is 4.88. The summed E-state index contributed by atoms with van der Waals surface area (Å²) in [4.78, 5) is 0. The molecule has 0 bridgehead atoms. The van der Waals surface area contributed by atoms with Crippen LogP contribution in [-0.4, -0.2) is 0 Å². The van der Waals surface area contributed by atoms with Crippen molar-refractivity contribution >= 4 is 12.2 Å². The average molecular weight is 657 g/mol. The number of hydrogen-bond donors (Lipinski definition) is 0. The summed E-state index contributed by atoms with van der Waals surface area (Å²) in [5.74, 6) is 0. The van der Waals surface area contributed by atoms with Crippen molar-refractivity contribution < 1.29 is 45.1 Å². The molecule has 1 heterocycles. The number of allylic oxidation sites excluding steroid dienone is 2. The summed E-state index contributed by atoms with van der Waals surface area (Å²) >= 11 is -2.67. The third-order valence-electron chi connectivity index (χ3n) is 9.94. The summed E-state index contributed by atoms with van der Waals surface area (Å²) in [6, 6.07) is 27.8. The Morgan fingerprint density at radius 3 is 1.20 bits per heavy atom. The van der Waals surface area contributed by atoms with Crippen molar-refractivity contribution in [3.05, 3.63) is 128 Å². The number of aryl methyl sites for hydroxylation is 4. The third-order valence-corrected chi connectivity index (χ3v) is 23.3. The zero-order chi connectivity index (χ0) is 27.1. The third kappa shape index (κ3) is 4.77. The second-order valence-electron chi connectivity index (χ2n) is 12.6. The van der Waals surface area contributed by atoms with Gasteiger partial charge in [-0.2, -0.15) is 0 Å². The normalized spacial score (nSPS) is 18.6. The van der Waals surface area contributed by atoms with E-state index in [1.165, 1.54) is 63.9 Å². The number of fused-ring (bicyclic) bond motifs is 2. The van der Waals surface area contributed by atoms with Crippen molar-refractivity contribution in [3.8, 4) is 22.3 Å². The second-order valence-corrected chi connectivity index (χ2v) is 24.0. The first-order valence-corrected chi connectivity index (χ1v) is 20.9. The molecule has 0 spiro atoms. The molecule has 41 heavy (non-hydrogen) atoms. The summed E-state index contributed by atoms with van der Waals surface area (Å²) in [7, 11) is 0. The average Bonchev–Trinajstić information content (AvgIpc) is 3.49. The van der Waals surface area contributed by atoms with Gasteiger partial charge in [-0.15, -0.1) is 0 Å². The van der Waals surface area contributed by atoms with Gasteiger partial charge in [-0.1, -0.05) is 0 Å². The van der Waals surface area contributed by atoms with Gasteiger partial charge in [0.05, 0.1) is 0 Å². The smallest absolute Gasteiger partial charge is 1.00 e. The molecule has 1 fully saturated rings. The van der Waals surface area contributed by atoms with Gasteiger partial charge in [0.1, 0.15) is 0 Å². The SMILES string of the molecule is CC1=Cc2c(-c3ccc(C)cc3)ccc(C)c2[CH]1[Zr+2]1([CH]2C(C)=Cc3c(-c4ccc(C)cc4)ccc(C)c32)[CH2][CH2]1.[Cl-].[Cl-]. The minimum Gasteiger partial charge on any atom is -1.00 e. The van der Waals surface area contributed by atoms with Crippen LogP contribution in [0.4, 0.5) is 0 Å². The van der Waals surface area contributed by atoms with Crippen LogP contribution in [0.1, 0.15) is 65.6 Å². The molecular formula is C38H38Cl2Zr. The van der Waals surface area contributed by atoms with E-state index >= 15 is 0 Å². The molecule has 4 aromatic rings. The van der Waals surface area contributed by atoms with Crippen LogP contribution in [0.15, 0.2) is 83.9 Å². The first-order chi connectivity index (χ1) is 18.8. The molecule has 0 nitrogen and oxygen atoms in total. The van der Waals surface area contributed by atoms with Crippen LogP contribution in [0, 0.1) is 27.7 Å². The van der Waals surface area contributed by atoms with Gasteiger partial charge in [0.25, 0.3) is 0 Å². The molecule has 0 amide bonds. The number of hydrogen-bond acceptors (Lipinski definition) is 0. The fourth-order valence-corrected chi connectivity index (χ4v) is 26.1. The molecule has 2 aliphatic carbocycles. The van der Waals surface area contributed by atoms with E-state index in [9.17, 15) is 0 Å². The number of halogens is 2. The van der Waals surface area contributed by atoms with Crippen molar-refractivity contribution in [1.82, 2.24) is 0 Å². The summed E-state index contributed by atoms with van der Waals surface area (Å²) in [5, 5.41) is 0. The Hall–Kier alpha value is -2.18. The van der Waals surface area contributed by atoms with Crippen LogP contribution in [0.2, 0.25) is 8.26 Å². The number of benzene rings is 4. The minimum atomic E-state index is -2.67. The molecule has 2 unspecified atom stereocenters. The molecule has 0 saturated carbocycles. The van der Waals surface area contributed by atoms with Gasteiger partial charge in [-0.3, -0.25) is 0 Å². The van der Waals surface area contributed by atoms with E-state index in [-0.39, 0.29) is 24.8 Å². The van der Waals surface area contributed by atoms with Gasteiger partial charge in [-0.25, -0.2) is 0 Å². The Balaban J connectivity index is 0.00000169. The van der Waals surface area contributed by atoms with E-state index in [0.29, 0.717) is 7.25 Å². The van der Waals surface area contributed by atoms with E-state index in [1.54, 1.807) is 22.3 Å². The number of rotatable bonds is 4. The van der Waals surface area contributed by atoms with Gasteiger partial charge >= 0.3 is 240 Å². The Labute approximate surface area is 263 Å². The van der Waals surface area contributed by atoms with E-state index < -0.39 is 20.3 Å². The first kappa shape index (κ1) is 30.3. The van der Waals surface area contributed by atoms with Gasteiger partial charge in [0.15, 0.2) is 0 Å². The maximum Gasteiger partial charge on any atom is -1.00 e. The predicted molar refractivity (Wildman–Crippen MR) is 165 cm³/mol. The van der Waals surface area contributed by atoms with Crippen molar-refractivity contribution in [2.45, 2.75) is 57.1 Å². The molecule has 3 aliphatic rings. The maximum absolute atomic E-state index is 2.67. The van der Waals surface area contributed by atoms with Crippen LogP contribution in [0.25, 0.3) is 34.4 Å². The van der Waals surface area contributed by atoms with Gasteiger partial charge in [-0.05, 0) is 0 Å². The van der Waals surface area contributed by atoms with Crippen molar-refractivity contribution in [3.63, 3.8) is 0 Å². The van der Waals surface area contributed by atoms with Crippen molar-refractivity contribution in [1.29, 1.82) is 0 Å². The monoisotopic (exact) mass is 654 g/mol. The molecule has 208 valence electrons. The summed E-state index contributed by atoms with van der Waals surface area (Å²) in [5.41, 5.74) is 20.8. The van der Waals surface area contributed by atoms with Gasteiger partial charge in [0, 0.05) is 0 Å². The van der Waals surface area contributed by atoms with Crippen LogP contribution in [0.5, 0.6) is 0 Å². The van der Waals surface area contributed by atoms with Crippen LogP contribution < -0.4 is 24.8 Å². The van der Waals surface area contributed by atoms with E-state index in [2.05, 4.69) is 126 Å². The molecule has 7 rings (SSSR count). The molecule has 2 atom stereocenters. The fourth-order valence-electron chi connectivity index (χ4n) is 7.99. The van der Waals surface area contributed by atoms with Crippen molar-refractivity contribution in [2.24, 2.45) is 0 Å². The van der Waals surface area contributed by atoms with Gasteiger partial charge in [0.2, 0.25) is 0 Å². The van der Waals surface area contributed by atoms with Crippen LogP contribution in [-0.2, 0) is 20.3 Å². The molecule has 0 N–H and O–H groups in total. The summed E-state index contributed by atoms with van der Waals surface area (Å²) < 4.78 is 4.37. The Morgan fingerprint density at radius 2 is 0.854 bits per heavy atom. The molecule has 4 aromatic carbocycles. The molecule has 0 aromatic heterocycles. The quantitative estimate of drug-likeness (QED) is 0.294. The van der Waals surface area contributed by atoms with E-state index in [1.807, 2.05) is 0 Å². The van der Waals surface area contributed by atoms with Crippen LogP contribution in [0.3, 0.4) is 0 Å². The van der Waals surface area contributed by atoms with Crippen molar-refractivity contribution in [2.75, 3.05) is 0 Å². The largest absolute Gasteiger partial charge is 1.00 e. The Bertz CT molecular complexity index is 1580. The van der Waals surface area contributed by atoms with E-state index in [4.69, 9.17) is 0 Å². The zero-order valence-electron chi connectivity index (χ0n) is 24.9. The standard InChI is InChI=1S/2C18H17.C2H4.2ClH.Zr/c2*1-12-4-7-15(8-5-12)16-9-6-14(3)17-10-13(2)11-18(16)17;1-2;;;/h2*4-11H,1-3H3;1-2H2;2*1H;/q;;;;;+2/p-2. The zero-order valence-corrected chi connectivity index (χ0v) is 28.9. The fraction of sp³-hybridized carbons (Fsp3) is 0.263. The van der Waals surface area contributed by atoms with E-state index in [0.717, 1.165) is 0 Å². The Morgan fingerprint density at radius 1 is 0.488 bits per heavy atom. The summed E-state index contributed by atoms with van der Waals surface area (Å²) in [6.07, 6.45) is 5.15. The topological polar surface area (TPSA) is 0 Å². The van der Waals surface area contributed by atoms with Crippen LogP contribution >= 0.6 is 0 Å². The minimum absolute atomic E-state index is 0. The molecule has 1 aliphatic heterocycles. The molecular weight excluding hydrogens is 619 g/mol. The first-order valence-electron chi connectivity index (χ1n) is 14.6. The maximum atomic E-state index is 2.57. The van der Waals surface area contributed by atoms with Gasteiger partial charge < -0.3 is 24.8 Å². The second kappa shape index (κ2) is 11.1. The molecule has 3 heteroatoms.